The molecular weight excluding hydrogens is 360 g/mol. The molecule has 0 unspecified atom stereocenters. The molecule has 6 heteroatoms. The van der Waals surface area contributed by atoms with Crippen molar-refractivity contribution in [3.8, 4) is 0 Å². The summed E-state index contributed by atoms with van der Waals surface area (Å²) in [5, 5.41) is 7.28. The molecule has 3 rings (SSSR count). The summed E-state index contributed by atoms with van der Waals surface area (Å²) in [6, 6.07) is 0. The van der Waals surface area contributed by atoms with Crippen molar-refractivity contribution in [1.29, 1.82) is 0 Å². The van der Waals surface area contributed by atoms with Gasteiger partial charge >= 0.3 is 0 Å². The minimum absolute atomic E-state index is 0.356. The summed E-state index contributed by atoms with van der Waals surface area (Å²) in [6.07, 6.45) is 13.5. The Bertz CT molecular complexity index is 482. The quantitative estimate of drug-likeness (QED) is 0.386. The summed E-state index contributed by atoms with van der Waals surface area (Å²) in [6.45, 7) is 10.7. The highest BCUT2D eigenvalue weighted by Gasteiger charge is 2.38. The van der Waals surface area contributed by atoms with E-state index >= 15 is 0 Å². The van der Waals surface area contributed by atoms with E-state index in [9.17, 15) is 0 Å². The van der Waals surface area contributed by atoms with Gasteiger partial charge in [0.1, 0.15) is 0 Å². The molecule has 3 aliphatic rings. The number of guanidine groups is 1. The summed E-state index contributed by atoms with van der Waals surface area (Å²) in [4.78, 5) is 12.4. The van der Waals surface area contributed by atoms with Gasteiger partial charge < -0.3 is 20.4 Å². The van der Waals surface area contributed by atoms with Crippen LogP contribution >= 0.6 is 0 Å². The molecule has 0 radical (unpaired) electrons. The van der Waals surface area contributed by atoms with Gasteiger partial charge in [0, 0.05) is 38.8 Å². The third-order valence-electron chi connectivity index (χ3n) is 7.38. The van der Waals surface area contributed by atoms with Crippen molar-refractivity contribution < 1.29 is 0 Å². The maximum Gasteiger partial charge on any atom is 0.191 e. The van der Waals surface area contributed by atoms with Gasteiger partial charge in [-0.1, -0.05) is 25.7 Å². The average Bonchev–Trinajstić information content (AvgIpc) is 2.98. The second kappa shape index (κ2) is 12.1. The Balaban J connectivity index is 1.40. The highest BCUT2D eigenvalue weighted by molar-refractivity contribution is 5.79. The maximum atomic E-state index is 4.51. The first-order chi connectivity index (χ1) is 14.2. The van der Waals surface area contributed by atoms with Gasteiger partial charge in [-0.05, 0) is 78.3 Å². The largest absolute Gasteiger partial charge is 0.356 e. The number of piperidine rings is 1. The molecule has 2 heterocycles. The van der Waals surface area contributed by atoms with Crippen LogP contribution < -0.4 is 10.6 Å². The first-order valence-corrected chi connectivity index (χ1v) is 12.3. The standard InChI is InChI=1S/C23H46N6/c1-24-22(25-13-9-15-28-16-10-14-27(2)19-20-28)26-21-23(11-5-3-6-12-23)29-17-7-4-8-18-29/h3-21H2,1-2H3,(H2,24,25,26). The van der Waals surface area contributed by atoms with Crippen molar-refractivity contribution in [3.63, 3.8) is 0 Å². The van der Waals surface area contributed by atoms with E-state index in [2.05, 4.69) is 37.4 Å². The Labute approximate surface area is 179 Å². The van der Waals surface area contributed by atoms with Crippen LogP contribution in [0.15, 0.2) is 4.99 Å². The Morgan fingerprint density at radius 2 is 1.59 bits per heavy atom. The molecule has 0 aromatic carbocycles. The van der Waals surface area contributed by atoms with Crippen molar-refractivity contribution in [2.45, 2.75) is 69.7 Å². The van der Waals surface area contributed by atoms with Gasteiger partial charge in [-0.15, -0.1) is 0 Å². The van der Waals surface area contributed by atoms with E-state index in [1.165, 1.54) is 110 Å². The molecule has 168 valence electrons. The molecule has 0 bridgehead atoms. The molecule has 0 spiro atoms. The molecule has 29 heavy (non-hydrogen) atoms. The average molecular weight is 407 g/mol. The fraction of sp³-hybridized carbons (Fsp3) is 0.957. The first kappa shape index (κ1) is 22.8. The SMILES string of the molecule is CN=C(NCCCN1CCCN(C)CC1)NCC1(N2CCCCC2)CCCCC1. The van der Waals surface area contributed by atoms with Crippen LogP contribution in [0.1, 0.15) is 64.2 Å². The Hall–Kier alpha value is -0.850. The number of hydrogen-bond donors (Lipinski definition) is 2. The van der Waals surface area contributed by atoms with Crippen LogP contribution in [0.25, 0.3) is 0 Å². The molecule has 0 atom stereocenters. The number of nitrogens with zero attached hydrogens (tertiary/aromatic N) is 4. The summed E-state index contributed by atoms with van der Waals surface area (Å²) >= 11 is 0. The molecule has 0 amide bonds. The molecule has 0 aromatic heterocycles. The van der Waals surface area contributed by atoms with Gasteiger partial charge in [0.2, 0.25) is 0 Å². The van der Waals surface area contributed by atoms with E-state index in [0.29, 0.717) is 5.54 Å². The number of nitrogens with one attached hydrogen (secondary N) is 2. The number of aliphatic imine (C=N–C) groups is 1. The summed E-state index contributed by atoms with van der Waals surface area (Å²) in [5.74, 6) is 0.988. The second-order valence-corrected chi connectivity index (χ2v) is 9.54. The zero-order valence-electron chi connectivity index (χ0n) is 19.2. The van der Waals surface area contributed by atoms with Gasteiger partial charge in [-0.3, -0.25) is 9.89 Å². The van der Waals surface area contributed by atoms with E-state index in [4.69, 9.17) is 0 Å². The lowest BCUT2D eigenvalue weighted by atomic mass is 9.79. The van der Waals surface area contributed by atoms with Gasteiger partial charge in [0.15, 0.2) is 5.96 Å². The van der Waals surface area contributed by atoms with Gasteiger partial charge in [0.25, 0.3) is 0 Å². The number of likely N-dealkylation sites (N-methyl/N-ethyl adjacent to an activating group) is 1. The smallest absolute Gasteiger partial charge is 0.191 e. The molecule has 6 nitrogen and oxygen atoms in total. The topological polar surface area (TPSA) is 46.1 Å². The summed E-state index contributed by atoms with van der Waals surface area (Å²) in [5.41, 5.74) is 0.356. The normalized spacial score (nSPS) is 25.5. The predicted molar refractivity (Wildman–Crippen MR) is 124 cm³/mol. The zero-order valence-corrected chi connectivity index (χ0v) is 19.2. The van der Waals surface area contributed by atoms with Crippen LogP contribution in [-0.2, 0) is 0 Å². The third-order valence-corrected chi connectivity index (χ3v) is 7.38. The molecule has 1 saturated carbocycles. The Morgan fingerprint density at radius 3 is 2.34 bits per heavy atom. The summed E-state index contributed by atoms with van der Waals surface area (Å²) < 4.78 is 0. The number of likely N-dealkylation sites (tertiary alicyclic amines) is 1. The van der Waals surface area contributed by atoms with Crippen molar-refractivity contribution in [3.05, 3.63) is 0 Å². The first-order valence-electron chi connectivity index (χ1n) is 12.3. The minimum Gasteiger partial charge on any atom is -0.356 e. The molecule has 2 N–H and O–H groups in total. The van der Waals surface area contributed by atoms with Crippen LogP contribution in [0.3, 0.4) is 0 Å². The van der Waals surface area contributed by atoms with Gasteiger partial charge in [0.05, 0.1) is 0 Å². The van der Waals surface area contributed by atoms with E-state index in [-0.39, 0.29) is 0 Å². The predicted octanol–water partition coefficient (Wildman–Crippen LogP) is 2.37. The van der Waals surface area contributed by atoms with Crippen LogP contribution in [0, 0.1) is 0 Å². The van der Waals surface area contributed by atoms with Crippen LogP contribution in [0.4, 0.5) is 0 Å². The zero-order chi connectivity index (χ0) is 20.4. The van der Waals surface area contributed by atoms with Crippen molar-refractivity contribution in [2.75, 3.05) is 73.0 Å². The van der Waals surface area contributed by atoms with Gasteiger partial charge in [-0.25, -0.2) is 0 Å². The van der Waals surface area contributed by atoms with Gasteiger partial charge in [-0.2, -0.15) is 0 Å². The number of hydrogen-bond acceptors (Lipinski definition) is 4. The third kappa shape index (κ3) is 7.11. The molecular formula is C23H46N6. The van der Waals surface area contributed by atoms with Crippen molar-refractivity contribution in [1.82, 2.24) is 25.3 Å². The highest BCUT2D eigenvalue weighted by Crippen LogP contribution is 2.35. The summed E-state index contributed by atoms with van der Waals surface area (Å²) in [7, 11) is 4.15. The minimum atomic E-state index is 0.356. The van der Waals surface area contributed by atoms with E-state index in [1.807, 2.05) is 7.05 Å². The molecule has 1 aliphatic carbocycles. The van der Waals surface area contributed by atoms with Crippen molar-refractivity contribution in [2.24, 2.45) is 4.99 Å². The van der Waals surface area contributed by atoms with E-state index < -0.39 is 0 Å². The lowest BCUT2D eigenvalue weighted by molar-refractivity contribution is 0.0368. The van der Waals surface area contributed by atoms with E-state index in [1.54, 1.807) is 0 Å². The maximum absolute atomic E-state index is 4.51. The number of rotatable bonds is 7. The van der Waals surface area contributed by atoms with Crippen LogP contribution in [-0.4, -0.2) is 99.2 Å². The van der Waals surface area contributed by atoms with Crippen molar-refractivity contribution >= 4 is 5.96 Å². The molecule has 2 aliphatic heterocycles. The lowest BCUT2D eigenvalue weighted by Crippen LogP contribution is -2.59. The van der Waals surface area contributed by atoms with Crippen LogP contribution in [0.2, 0.25) is 0 Å². The molecule has 2 saturated heterocycles. The lowest BCUT2D eigenvalue weighted by Gasteiger charge is -2.48. The molecule has 0 aromatic rings. The fourth-order valence-electron chi connectivity index (χ4n) is 5.48. The monoisotopic (exact) mass is 406 g/mol. The molecule has 3 fully saturated rings. The van der Waals surface area contributed by atoms with E-state index in [0.717, 1.165) is 19.0 Å². The second-order valence-electron chi connectivity index (χ2n) is 9.54. The van der Waals surface area contributed by atoms with Crippen LogP contribution in [0.5, 0.6) is 0 Å². The highest BCUT2D eigenvalue weighted by atomic mass is 15.3. The Morgan fingerprint density at radius 1 is 0.828 bits per heavy atom. The Kier molecular flexibility index (Phi) is 9.53. The fourth-order valence-corrected chi connectivity index (χ4v) is 5.48.